The molecule has 0 spiro atoms. The van der Waals surface area contributed by atoms with Gasteiger partial charge in [-0.15, -0.1) is 0 Å². The van der Waals surface area contributed by atoms with Crippen LogP contribution in [0.2, 0.25) is 0 Å². The van der Waals surface area contributed by atoms with E-state index < -0.39 is 0 Å². The van der Waals surface area contributed by atoms with Gasteiger partial charge in [-0.3, -0.25) is 4.79 Å². The van der Waals surface area contributed by atoms with Crippen LogP contribution in [0.15, 0.2) is 36.0 Å². The van der Waals surface area contributed by atoms with Crippen molar-refractivity contribution in [2.45, 2.75) is 51.6 Å². The molecule has 1 aromatic carbocycles. The molecule has 0 bridgehead atoms. The smallest absolute Gasteiger partial charge is 0.263 e. The molecule has 0 radical (unpaired) electrons. The first-order chi connectivity index (χ1) is 12.1. The highest BCUT2D eigenvalue weighted by Crippen LogP contribution is 2.21. The normalized spacial score (nSPS) is 19.0. The lowest BCUT2D eigenvalue weighted by Gasteiger charge is -2.34. The minimum absolute atomic E-state index is 0.167. The van der Waals surface area contributed by atoms with E-state index in [-0.39, 0.29) is 17.5 Å². The highest BCUT2D eigenvalue weighted by Gasteiger charge is 2.21. The second kappa shape index (κ2) is 9.12. The van der Waals surface area contributed by atoms with Crippen molar-refractivity contribution in [2.75, 3.05) is 13.7 Å². The molecule has 1 amide bonds. The van der Waals surface area contributed by atoms with Gasteiger partial charge in [0, 0.05) is 18.8 Å². The summed E-state index contributed by atoms with van der Waals surface area (Å²) in [7, 11) is 1.62. The van der Waals surface area contributed by atoms with Crippen LogP contribution in [0.3, 0.4) is 0 Å². The summed E-state index contributed by atoms with van der Waals surface area (Å²) >= 11 is 0. The number of nitrogens with one attached hydrogen (secondary N) is 1. The number of nitriles is 1. The molecule has 5 heteroatoms. The van der Waals surface area contributed by atoms with Crippen molar-refractivity contribution < 1.29 is 9.53 Å². The van der Waals surface area contributed by atoms with E-state index in [9.17, 15) is 10.1 Å². The summed E-state index contributed by atoms with van der Waals surface area (Å²) in [6, 6.07) is 9.84. The highest BCUT2D eigenvalue weighted by atomic mass is 16.5. The second-order valence-corrected chi connectivity index (χ2v) is 6.42. The average molecular weight is 341 g/mol. The molecule has 1 saturated heterocycles. The van der Waals surface area contributed by atoms with E-state index in [0.29, 0.717) is 6.04 Å². The third-order valence-corrected chi connectivity index (χ3v) is 4.77. The number of carbonyl (C=O) groups excluding carboxylic acids is 1. The van der Waals surface area contributed by atoms with Crippen LogP contribution < -0.4 is 10.1 Å². The fraction of sp³-hybridized carbons (Fsp3) is 0.500. The molecule has 1 aliphatic rings. The number of rotatable bonds is 6. The first-order valence-electron chi connectivity index (χ1n) is 8.91. The van der Waals surface area contributed by atoms with Gasteiger partial charge in [0.25, 0.3) is 5.91 Å². The van der Waals surface area contributed by atoms with E-state index in [1.807, 2.05) is 31.2 Å². The molecular formula is C20H27N3O2. The fourth-order valence-electron chi connectivity index (χ4n) is 3.19. The number of hydrogen-bond donors (Lipinski definition) is 1. The molecule has 2 rings (SSSR count). The molecule has 134 valence electrons. The van der Waals surface area contributed by atoms with Crippen LogP contribution in [0.25, 0.3) is 0 Å². The van der Waals surface area contributed by atoms with Gasteiger partial charge in [0.15, 0.2) is 0 Å². The minimum Gasteiger partial charge on any atom is -0.497 e. The summed E-state index contributed by atoms with van der Waals surface area (Å²) in [6.45, 7) is 4.96. The minimum atomic E-state index is -0.328. The van der Waals surface area contributed by atoms with Gasteiger partial charge in [0.1, 0.15) is 17.4 Å². The Kier molecular flexibility index (Phi) is 6.88. The molecule has 0 aliphatic carbocycles. The van der Waals surface area contributed by atoms with Gasteiger partial charge in [-0.2, -0.15) is 5.26 Å². The molecule has 5 nitrogen and oxygen atoms in total. The lowest BCUT2D eigenvalue weighted by Crippen LogP contribution is -2.36. The molecule has 2 unspecified atom stereocenters. The summed E-state index contributed by atoms with van der Waals surface area (Å²) in [4.78, 5) is 14.6. The Morgan fingerprint density at radius 2 is 2.16 bits per heavy atom. The summed E-state index contributed by atoms with van der Waals surface area (Å²) in [5, 5.41) is 12.3. The van der Waals surface area contributed by atoms with E-state index in [0.717, 1.165) is 37.1 Å². The maximum atomic E-state index is 12.5. The molecule has 1 fully saturated rings. The van der Waals surface area contributed by atoms with Crippen molar-refractivity contribution >= 4 is 5.91 Å². The molecule has 0 saturated carbocycles. The molecule has 25 heavy (non-hydrogen) atoms. The fourth-order valence-corrected chi connectivity index (χ4v) is 3.19. The molecule has 0 aromatic heterocycles. The number of carbonyl (C=O) groups is 1. The van der Waals surface area contributed by atoms with Gasteiger partial charge in [0.05, 0.1) is 13.2 Å². The predicted octanol–water partition coefficient (Wildman–Crippen LogP) is 3.54. The van der Waals surface area contributed by atoms with Crippen molar-refractivity contribution in [3.63, 3.8) is 0 Å². The summed E-state index contributed by atoms with van der Waals surface area (Å²) in [6.07, 6.45) is 6.21. The number of benzene rings is 1. The van der Waals surface area contributed by atoms with Crippen molar-refractivity contribution in [1.82, 2.24) is 10.2 Å². The van der Waals surface area contributed by atoms with Gasteiger partial charge >= 0.3 is 0 Å². The van der Waals surface area contributed by atoms with Crippen molar-refractivity contribution in [1.29, 1.82) is 5.26 Å². The number of methoxy groups -OCH3 is 1. The van der Waals surface area contributed by atoms with E-state index in [4.69, 9.17) is 4.74 Å². The lowest BCUT2D eigenvalue weighted by atomic mass is 10.0. The van der Waals surface area contributed by atoms with Gasteiger partial charge in [-0.25, -0.2) is 0 Å². The monoisotopic (exact) mass is 341 g/mol. The molecule has 1 heterocycles. The van der Waals surface area contributed by atoms with Gasteiger partial charge < -0.3 is 15.0 Å². The Hall–Kier alpha value is -2.48. The quantitative estimate of drug-likeness (QED) is 0.635. The zero-order valence-electron chi connectivity index (χ0n) is 15.3. The highest BCUT2D eigenvalue weighted by molar-refractivity contribution is 5.97. The summed E-state index contributed by atoms with van der Waals surface area (Å²) in [5.41, 5.74) is 1.14. The number of piperidine rings is 1. The molecule has 1 N–H and O–H groups in total. The largest absolute Gasteiger partial charge is 0.497 e. The zero-order valence-corrected chi connectivity index (χ0v) is 15.3. The van der Waals surface area contributed by atoms with Gasteiger partial charge in [-0.1, -0.05) is 19.1 Å². The first-order valence-corrected chi connectivity index (χ1v) is 8.91. The Bertz CT molecular complexity index is 646. The van der Waals surface area contributed by atoms with E-state index in [1.165, 1.54) is 6.42 Å². The van der Waals surface area contributed by atoms with Crippen LogP contribution in [0.5, 0.6) is 5.75 Å². The van der Waals surface area contributed by atoms with Crippen molar-refractivity contribution in [3.05, 3.63) is 41.6 Å². The van der Waals surface area contributed by atoms with Gasteiger partial charge in [0.2, 0.25) is 0 Å². The van der Waals surface area contributed by atoms with Crippen molar-refractivity contribution in [3.8, 4) is 11.8 Å². The molecule has 1 aliphatic heterocycles. The maximum absolute atomic E-state index is 12.5. The number of likely N-dealkylation sites (tertiary alicyclic amines) is 1. The van der Waals surface area contributed by atoms with Crippen LogP contribution in [0.4, 0.5) is 0 Å². The maximum Gasteiger partial charge on any atom is 0.263 e. The molecule has 1 aromatic rings. The number of nitrogens with zero attached hydrogens (tertiary/aromatic N) is 2. The van der Waals surface area contributed by atoms with E-state index >= 15 is 0 Å². The standard InChI is InChI=1S/C20H27N3O2/c1-4-18-7-5-6-12-23(18)14-17(13-21)20(24)22-15(2)16-8-10-19(25-3)11-9-16/h8-11,14-15,18H,4-7,12H2,1-3H3,(H,22,24)/b17-14-. The van der Waals surface area contributed by atoms with E-state index in [2.05, 4.69) is 23.2 Å². The number of hydrogen-bond acceptors (Lipinski definition) is 4. The Balaban J connectivity index is 2.05. The zero-order chi connectivity index (χ0) is 18.2. The molecular weight excluding hydrogens is 314 g/mol. The average Bonchev–Trinajstić information content (AvgIpc) is 2.66. The number of amides is 1. The van der Waals surface area contributed by atoms with Crippen LogP contribution in [0, 0.1) is 11.3 Å². The Morgan fingerprint density at radius 1 is 1.44 bits per heavy atom. The summed E-state index contributed by atoms with van der Waals surface area (Å²) in [5.74, 6) is 0.446. The van der Waals surface area contributed by atoms with Crippen LogP contribution in [0.1, 0.15) is 51.1 Å². The Morgan fingerprint density at radius 3 is 2.76 bits per heavy atom. The van der Waals surface area contributed by atoms with Crippen molar-refractivity contribution in [2.24, 2.45) is 0 Å². The van der Waals surface area contributed by atoms with Crippen LogP contribution >= 0.6 is 0 Å². The van der Waals surface area contributed by atoms with Crippen LogP contribution in [-0.4, -0.2) is 30.5 Å². The van der Waals surface area contributed by atoms with Crippen LogP contribution in [-0.2, 0) is 4.79 Å². The summed E-state index contributed by atoms with van der Waals surface area (Å²) < 4.78 is 5.15. The molecule has 2 atom stereocenters. The SMILES string of the molecule is CCC1CCCCN1/C=C(/C#N)C(=O)NC(C)c1ccc(OC)cc1. The third-order valence-electron chi connectivity index (χ3n) is 4.77. The van der Waals surface area contributed by atoms with E-state index in [1.54, 1.807) is 13.3 Å². The van der Waals surface area contributed by atoms with Gasteiger partial charge in [-0.05, 0) is 50.3 Å². The topological polar surface area (TPSA) is 65.4 Å². The third kappa shape index (κ3) is 4.99. The second-order valence-electron chi connectivity index (χ2n) is 6.42. The Labute approximate surface area is 150 Å². The first kappa shape index (κ1) is 18.9. The predicted molar refractivity (Wildman–Crippen MR) is 97.9 cm³/mol. The number of ether oxygens (including phenoxy) is 1. The lowest BCUT2D eigenvalue weighted by molar-refractivity contribution is -0.117.